The fraction of sp³-hybridized carbons (Fsp3) is 0.316. The Labute approximate surface area is 156 Å². The van der Waals surface area contributed by atoms with Crippen molar-refractivity contribution >= 4 is 29.2 Å². The average molecular weight is 368 g/mol. The van der Waals surface area contributed by atoms with E-state index >= 15 is 0 Å². The maximum Gasteiger partial charge on any atom is 0.191 e. The van der Waals surface area contributed by atoms with Crippen LogP contribution >= 0.6 is 11.8 Å². The Hall–Kier alpha value is -2.54. The lowest BCUT2D eigenvalue weighted by Gasteiger charge is -2.33. The molecule has 2 heterocycles. The van der Waals surface area contributed by atoms with Gasteiger partial charge in [-0.25, -0.2) is 9.97 Å². The molecule has 7 heteroatoms. The molecule has 26 heavy (non-hydrogen) atoms. The molecule has 2 aromatic rings. The molecule has 2 aliphatic rings. The topological polar surface area (TPSA) is 90.1 Å². The van der Waals surface area contributed by atoms with E-state index in [1.165, 1.54) is 11.8 Å². The van der Waals surface area contributed by atoms with Crippen LogP contribution in [0.25, 0.3) is 0 Å². The zero-order valence-corrected chi connectivity index (χ0v) is 15.5. The van der Waals surface area contributed by atoms with Gasteiger partial charge in [0.05, 0.1) is 7.11 Å². The molecule has 6 nitrogen and oxygen atoms in total. The Morgan fingerprint density at radius 1 is 1.23 bits per heavy atom. The van der Waals surface area contributed by atoms with Crippen LogP contribution in [0.4, 0.5) is 11.6 Å². The van der Waals surface area contributed by atoms with Crippen molar-refractivity contribution in [3.05, 3.63) is 46.7 Å². The number of aromatic nitrogens is 2. The first-order valence-corrected chi connectivity index (χ1v) is 9.73. The third kappa shape index (κ3) is 2.72. The Morgan fingerprint density at radius 2 is 2.00 bits per heavy atom. The molecule has 1 atom stereocenters. The summed E-state index contributed by atoms with van der Waals surface area (Å²) in [4.78, 5) is 21.8. The molecule has 134 valence electrons. The zero-order valence-electron chi connectivity index (χ0n) is 14.7. The van der Waals surface area contributed by atoms with E-state index in [1.807, 2.05) is 30.5 Å². The number of nitrogens with one attached hydrogen (secondary N) is 1. The molecule has 0 radical (unpaired) electrons. The number of ether oxygens (including phenoxy) is 1. The van der Waals surface area contributed by atoms with Gasteiger partial charge in [-0.15, -0.1) is 0 Å². The molecule has 0 amide bonds. The molecule has 1 aromatic carbocycles. The number of methoxy groups -OCH3 is 1. The Balaban J connectivity index is 1.93. The van der Waals surface area contributed by atoms with E-state index in [2.05, 4.69) is 15.3 Å². The third-order valence-corrected chi connectivity index (χ3v) is 5.44. The van der Waals surface area contributed by atoms with Crippen molar-refractivity contribution in [3.8, 4) is 5.75 Å². The summed E-state index contributed by atoms with van der Waals surface area (Å²) in [5.74, 6) is 1.80. The molecule has 1 aliphatic heterocycles. The average Bonchev–Trinajstić information content (AvgIpc) is 2.66. The number of nitrogens with two attached hydrogens (primary N) is 1. The number of fused-ring (bicyclic) bond motifs is 1. The summed E-state index contributed by atoms with van der Waals surface area (Å²) in [6, 6.07) is 7.76. The smallest absolute Gasteiger partial charge is 0.191 e. The van der Waals surface area contributed by atoms with Crippen LogP contribution in [0.5, 0.6) is 5.75 Å². The highest BCUT2D eigenvalue weighted by molar-refractivity contribution is 7.98. The molecule has 0 saturated carbocycles. The first kappa shape index (κ1) is 16.9. The largest absolute Gasteiger partial charge is 0.497 e. The summed E-state index contributed by atoms with van der Waals surface area (Å²) in [5.41, 5.74) is 9.83. The van der Waals surface area contributed by atoms with Crippen molar-refractivity contribution < 1.29 is 9.53 Å². The number of hydrogen-bond donors (Lipinski definition) is 2. The monoisotopic (exact) mass is 368 g/mol. The molecule has 0 fully saturated rings. The number of carbonyl (C=O) groups excluding carboxylic acids is 1. The molecular weight excluding hydrogens is 348 g/mol. The Morgan fingerprint density at radius 3 is 2.69 bits per heavy atom. The summed E-state index contributed by atoms with van der Waals surface area (Å²) in [5, 5.41) is 3.98. The predicted octanol–water partition coefficient (Wildman–Crippen LogP) is 3.35. The number of thioether (sulfide) groups is 1. The summed E-state index contributed by atoms with van der Waals surface area (Å²) in [6.45, 7) is 0. The Kier molecular flexibility index (Phi) is 4.32. The van der Waals surface area contributed by atoms with E-state index in [4.69, 9.17) is 10.5 Å². The molecule has 0 saturated heterocycles. The van der Waals surface area contributed by atoms with Gasteiger partial charge in [0.1, 0.15) is 17.4 Å². The number of hydrogen-bond acceptors (Lipinski definition) is 7. The lowest BCUT2D eigenvalue weighted by molar-refractivity contribution is -0.116. The van der Waals surface area contributed by atoms with Crippen LogP contribution in [0.1, 0.15) is 36.3 Å². The quantitative estimate of drug-likeness (QED) is 0.634. The van der Waals surface area contributed by atoms with Crippen LogP contribution in [-0.2, 0) is 4.79 Å². The van der Waals surface area contributed by atoms with Gasteiger partial charge in [0, 0.05) is 29.2 Å². The molecule has 1 unspecified atom stereocenters. The zero-order chi connectivity index (χ0) is 18.3. The van der Waals surface area contributed by atoms with Crippen LogP contribution in [0.15, 0.2) is 40.7 Å². The van der Waals surface area contributed by atoms with Crippen LogP contribution in [-0.4, -0.2) is 29.1 Å². The molecule has 1 aromatic heterocycles. The van der Waals surface area contributed by atoms with E-state index in [0.29, 0.717) is 23.2 Å². The summed E-state index contributed by atoms with van der Waals surface area (Å²) < 4.78 is 5.26. The van der Waals surface area contributed by atoms with Crippen LogP contribution in [0, 0.1) is 0 Å². The molecule has 0 spiro atoms. The highest BCUT2D eigenvalue weighted by Gasteiger charge is 2.37. The number of allylic oxidation sites excluding steroid dienone is 2. The number of rotatable bonds is 3. The second kappa shape index (κ2) is 6.64. The predicted molar refractivity (Wildman–Crippen MR) is 103 cm³/mol. The van der Waals surface area contributed by atoms with Gasteiger partial charge in [-0.2, -0.15) is 0 Å². The SMILES string of the molecule is COc1ccc(C2C3=C(CCCC3=O)Nc3nc(SC)nc(N)c32)cc1. The van der Waals surface area contributed by atoms with Gasteiger partial charge in [-0.1, -0.05) is 23.9 Å². The van der Waals surface area contributed by atoms with Gasteiger partial charge < -0.3 is 15.8 Å². The third-order valence-electron chi connectivity index (χ3n) is 4.89. The molecule has 1 aliphatic carbocycles. The minimum Gasteiger partial charge on any atom is -0.497 e. The number of nitrogen functional groups attached to an aromatic ring is 1. The van der Waals surface area contributed by atoms with Gasteiger partial charge in [-0.05, 0) is 36.8 Å². The van der Waals surface area contributed by atoms with Gasteiger partial charge in [0.2, 0.25) is 0 Å². The van der Waals surface area contributed by atoms with Crippen molar-refractivity contribution in [1.82, 2.24) is 9.97 Å². The molecular formula is C19H20N4O2S. The van der Waals surface area contributed by atoms with E-state index in [0.717, 1.165) is 41.0 Å². The summed E-state index contributed by atoms with van der Waals surface area (Å²) in [7, 11) is 1.63. The number of carbonyl (C=O) groups is 1. The normalized spacial score (nSPS) is 18.8. The maximum atomic E-state index is 12.8. The first-order chi connectivity index (χ1) is 12.6. The van der Waals surface area contributed by atoms with E-state index in [-0.39, 0.29) is 11.7 Å². The van der Waals surface area contributed by atoms with Crippen LogP contribution in [0.2, 0.25) is 0 Å². The maximum absolute atomic E-state index is 12.8. The second-order valence-corrected chi connectivity index (χ2v) is 7.13. The fourth-order valence-corrected chi connectivity index (χ4v) is 4.05. The van der Waals surface area contributed by atoms with E-state index in [1.54, 1.807) is 7.11 Å². The number of benzene rings is 1. The fourth-order valence-electron chi connectivity index (χ4n) is 3.68. The first-order valence-electron chi connectivity index (χ1n) is 8.51. The van der Waals surface area contributed by atoms with Crippen molar-refractivity contribution in [1.29, 1.82) is 0 Å². The van der Waals surface area contributed by atoms with Crippen molar-refractivity contribution in [2.45, 2.75) is 30.3 Å². The van der Waals surface area contributed by atoms with Gasteiger partial charge in [0.15, 0.2) is 10.9 Å². The van der Waals surface area contributed by atoms with Crippen molar-refractivity contribution in [2.75, 3.05) is 24.4 Å². The minimum absolute atomic E-state index is 0.165. The molecule has 4 rings (SSSR count). The number of Topliss-reactive ketones (excluding diaryl/α,β-unsaturated/α-hetero) is 1. The number of nitrogens with zero attached hydrogens (tertiary/aromatic N) is 2. The summed E-state index contributed by atoms with van der Waals surface area (Å²) in [6.07, 6.45) is 4.17. The van der Waals surface area contributed by atoms with Gasteiger partial charge in [0.25, 0.3) is 0 Å². The minimum atomic E-state index is -0.254. The van der Waals surface area contributed by atoms with Crippen LogP contribution in [0.3, 0.4) is 0 Å². The molecule has 0 bridgehead atoms. The lowest BCUT2D eigenvalue weighted by atomic mass is 9.76. The standard InChI is InChI=1S/C19H20N4O2S/c1-25-11-8-6-10(7-9-11)14-15-12(4-3-5-13(15)24)21-18-16(14)17(20)22-19(23-18)26-2/h6-9,14H,3-5H2,1-2H3,(H3,20,21,22,23). The van der Waals surface area contributed by atoms with Gasteiger partial charge in [-0.3, -0.25) is 4.79 Å². The second-order valence-electron chi connectivity index (χ2n) is 6.36. The van der Waals surface area contributed by atoms with E-state index in [9.17, 15) is 4.79 Å². The number of anilines is 2. The highest BCUT2D eigenvalue weighted by atomic mass is 32.2. The van der Waals surface area contributed by atoms with Gasteiger partial charge >= 0.3 is 0 Å². The highest BCUT2D eigenvalue weighted by Crippen LogP contribution is 2.46. The van der Waals surface area contributed by atoms with Crippen LogP contribution < -0.4 is 15.8 Å². The lowest BCUT2D eigenvalue weighted by Crippen LogP contribution is -2.28. The molecule has 3 N–H and O–H groups in total. The van der Waals surface area contributed by atoms with Crippen molar-refractivity contribution in [3.63, 3.8) is 0 Å². The number of ketones is 1. The van der Waals surface area contributed by atoms with E-state index < -0.39 is 0 Å². The summed E-state index contributed by atoms with van der Waals surface area (Å²) >= 11 is 1.45. The van der Waals surface area contributed by atoms with Crippen molar-refractivity contribution in [2.24, 2.45) is 0 Å². The Bertz CT molecular complexity index is 909.